The number of aliphatic hydroxyl groups is 1. The van der Waals surface area contributed by atoms with Gasteiger partial charge in [-0.05, 0) is 58.1 Å². The molecule has 0 amide bonds. The second-order valence-corrected chi connectivity index (χ2v) is 7.44. The van der Waals surface area contributed by atoms with Gasteiger partial charge < -0.3 is 10.4 Å². The molecule has 0 spiro atoms. The average molecular weight is 308 g/mol. The number of thiophene rings is 1. The molecule has 2 N–H and O–H groups in total. The summed E-state index contributed by atoms with van der Waals surface area (Å²) >= 11 is 1.62. The van der Waals surface area contributed by atoms with Gasteiger partial charge in [0, 0.05) is 24.0 Å². The Morgan fingerprint density at radius 1 is 1.48 bits per heavy atom. The van der Waals surface area contributed by atoms with Crippen LogP contribution in [0, 0.1) is 0 Å². The molecule has 2 heterocycles. The Labute approximate surface area is 132 Å². The van der Waals surface area contributed by atoms with E-state index in [2.05, 4.69) is 30.1 Å². The fourth-order valence-corrected chi connectivity index (χ4v) is 3.43. The molecule has 4 heteroatoms. The maximum atomic E-state index is 10.5. The fraction of sp³-hybridized carbons (Fsp3) is 0.647. The molecule has 0 aromatic carbocycles. The number of allylic oxidation sites excluding steroid dienone is 1. The predicted molar refractivity (Wildman–Crippen MR) is 90.8 cm³/mol. The first-order valence-corrected chi connectivity index (χ1v) is 8.71. The normalized spacial score (nSPS) is 20.2. The van der Waals surface area contributed by atoms with Gasteiger partial charge in [-0.2, -0.15) is 0 Å². The van der Waals surface area contributed by atoms with Crippen LogP contribution >= 0.6 is 11.3 Å². The predicted octanol–water partition coefficient (Wildman–Crippen LogP) is 2.98. The van der Waals surface area contributed by atoms with Crippen LogP contribution in [0.5, 0.6) is 0 Å². The summed E-state index contributed by atoms with van der Waals surface area (Å²) in [4.78, 5) is 3.54. The molecule has 3 nitrogen and oxygen atoms in total. The molecule has 0 aliphatic carbocycles. The van der Waals surface area contributed by atoms with Crippen molar-refractivity contribution in [3.05, 3.63) is 34.0 Å². The first-order valence-electron chi connectivity index (χ1n) is 7.83. The van der Waals surface area contributed by atoms with E-state index in [0.717, 1.165) is 37.4 Å². The quantitative estimate of drug-likeness (QED) is 0.793. The van der Waals surface area contributed by atoms with E-state index in [4.69, 9.17) is 0 Å². The van der Waals surface area contributed by atoms with Crippen molar-refractivity contribution in [1.82, 2.24) is 10.2 Å². The lowest BCUT2D eigenvalue weighted by molar-refractivity contribution is 0.0540. The fourth-order valence-electron chi connectivity index (χ4n) is 2.65. The number of nitrogens with one attached hydrogen (secondary N) is 1. The first-order chi connectivity index (χ1) is 9.97. The SMILES string of the molecule is CC(C)=CCN1CCC(NCC(C)(O)c2cccs2)CC1. The lowest BCUT2D eigenvalue weighted by Crippen LogP contribution is -2.46. The highest BCUT2D eigenvalue weighted by Crippen LogP contribution is 2.25. The van der Waals surface area contributed by atoms with Crippen LogP contribution in [-0.4, -0.2) is 42.2 Å². The highest BCUT2D eigenvalue weighted by Gasteiger charge is 2.26. The summed E-state index contributed by atoms with van der Waals surface area (Å²) in [5.41, 5.74) is 0.634. The van der Waals surface area contributed by atoms with Crippen LogP contribution in [0.2, 0.25) is 0 Å². The number of nitrogens with zero attached hydrogens (tertiary/aromatic N) is 1. The Bertz CT molecular complexity index is 441. The van der Waals surface area contributed by atoms with Gasteiger partial charge in [-0.15, -0.1) is 11.3 Å². The average Bonchev–Trinajstić information content (AvgIpc) is 2.99. The Balaban J connectivity index is 1.73. The van der Waals surface area contributed by atoms with Gasteiger partial charge in [0.25, 0.3) is 0 Å². The highest BCUT2D eigenvalue weighted by molar-refractivity contribution is 7.10. The van der Waals surface area contributed by atoms with Crippen LogP contribution in [0.15, 0.2) is 29.2 Å². The van der Waals surface area contributed by atoms with E-state index in [1.54, 1.807) is 11.3 Å². The van der Waals surface area contributed by atoms with Crippen molar-refractivity contribution in [3.63, 3.8) is 0 Å². The van der Waals surface area contributed by atoms with Crippen LogP contribution in [0.4, 0.5) is 0 Å². The molecule has 0 radical (unpaired) electrons. The molecular formula is C17H28N2OS. The summed E-state index contributed by atoms with van der Waals surface area (Å²) in [6.45, 7) is 10.2. The van der Waals surface area contributed by atoms with E-state index >= 15 is 0 Å². The summed E-state index contributed by atoms with van der Waals surface area (Å²) in [5.74, 6) is 0. The molecule has 1 atom stereocenters. The minimum atomic E-state index is -0.757. The molecule has 0 bridgehead atoms. The van der Waals surface area contributed by atoms with Crippen LogP contribution in [0.1, 0.15) is 38.5 Å². The second kappa shape index (κ2) is 7.54. The van der Waals surface area contributed by atoms with Crippen molar-refractivity contribution in [2.24, 2.45) is 0 Å². The van der Waals surface area contributed by atoms with Gasteiger partial charge in [0.15, 0.2) is 0 Å². The topological polar surface area (TPSA) is 35.5 Å². The van der Waals surface area contributed by atoms with Gasteiger partial charge in [-0.3, -0.25) is 4.90 Å². The molecule has 1 aromatic heterocycles. The van der Waals surface area contributed by atoms with Crippen LogP contribution < -0.4 is 5.32 Å². The van der Waals surface area contributed by atoms with Crippen molar-refractivity contribution in [3.8, 4) is 0 Å². The number of likely N-dealkylation sites (tertiary alicyclic amines) is 1. The molecule has 1 aliphatic rings. The second-order valence-electron chi connectivity index (χ2n) is 6.49. The molecule has 1 unspecified atom stereocenters. The minimum absolute atomic E-state index is 0.527. The molecule has 1 aromatic rings. The number of rotatable bonds is 6. The van der Waals surface area contributed by atoms with Gasteiger partial charge in [0.2, 0.25) is 0 Å². The van der Waals surface area contributed by atoms with E-state index in [-0.39, 0.29) is 0 Å². The van der Waals surface area contributed by atoms with E-state index in [1.807, 2.05) is 24.4 Å². The lowest BCUT2D eigenvalue weighted by Gasteiger charge is -2.33. The third kappa shape index (κ3) is 5.22. The van der Waals surface area contributed by atoms with Crippen LogP contribution in [0.25, 0.3) is 0 Å². The molecule has 1 fully saturated rings. The van der Waals surface area contributed by atoms with E-state index in [0.29, 0.717) is 12.6 Å². The molecule has 118 valence electrons. The summed E-state index contributed by atoms with van der Waals surface area (Å²) in [7, 11) is 0. The molecular weight excluding hydrogens is 280 g/mol. The number of hydrogen-bond donors (Lipinski definition) is 2. The molecule has 2 rings (SSSR count). The first kappa shape index (κ1) is 16.7. The third-order valence-corrected chi connectivity index (χ3v) is 5.26. The van der Waals surface area contributed by atoms with Crippen LogP contribution in [-0.2, 0) is 5.60 Å². The third-order valence-electron chi connectivity index (χ3n) is 4.13. The maximum absolute atomic E-state index is 10.5. The van der Waals surface area contributed by atoms with Gasteiger partial charge in [-0.1, -0.05) is 17.7 Å². The smallest absolute Gasteiger partial charge is 0.108 e. The Morgan fingerprint density at radius 2 is 2.19 bits per heavy atom. The van der Waals surface area contributed by atoms with Gasteiger partial charge in [-0.25, -0.2) is 0 Å². The van der Waals surface area contributed by atoms with E-state index in [9.17, 15) is 5.11 Å². The van der Waals surface area contributed by atoms with Crippen molar-refractivity contribution < 1.29 is 5.11 Å². The Morgan fingerprint density at radius 3 is 2.76 bits per heavy atom. The monoisotopic (exact) mass is 308 g/mol. The summed E-state index contributed by atoms with van der Waals surface area (Å²) < 4.78 is 0. The Hall–Kier alpha value is -0.680. The minimum Gasteiger partial charge on any atom is -0.383 e. The van der Waals surface area contributed by atoms with E-state index < -0.39 is 5.60 Å². The number of hydrogen-bond acceptors (Lipinski definition) is 4. The molecule has 1 aliphatic heterocycles. The number of piperidine rings is 1. The molecule has 0 saturated carbocycles. The molecule has 21 heavy (non-hydrogen) atoms. The zero-order valence-corrected chi connectivity index (χ0v) is 14.2. The summed E-state index contributed by atoms with van der Waals surface area (Å²) in [6, 6.07) is 4.53. The van der Waals surface area contributed by atoms with Crippen molar-refractivity contribution in [2.45, 2.75) is 45.3 Å². The van der Waals surface area contributed by atoms with Gasteiger partial charge in [0.1, 0.15) is 5.60 Å². The Kier molecular flexibility index (Phi) is 5.99. The van der Waals surface area contributed by atoms with Crippen molar-refractivity contribution >= 4 is 11.3 Å². The van der Waals surface area contributed by atoms with Crippen LogP contribution in [0.3, 0.4) is 0 Å². The maximum Gasteiger partial charge on any atom is 0.108 e. The largest absolute Gasteiger partial charge is 0.383 e. The zero-order chi connectivity index (χ0) is 15.3. The van der Waals surface area contributed by atoms with Gasteiger partial charge in [0.05, 0.1) is 0 Å². The molecule has 1 saturated heterocycles. The zero-order valence-electron chi connectivity index (χ0n) is 13.4. The van der Waals surface area contributed by atoms with Crippen molar-refractivity contribution in [2.75, 3.05) is 26.2 Å². The van der Waals surface area contributed by atoms with Crippen molar-refractivity contribution in [1.29, 1.82) is 0 Å². The highest BCUT2D eigenvalue weighted by atomic mass is 32.1. The lowest BCUT2D eigenvalue weighted by atomic mass is 10.0. The summed E-state index contributed by atoms with van der Waals surface area (Å²) in [6.07, 6.45) is 4.63. The van der Waals surface area contributed by atoms with E-state index in [1.165, 1.54) is 5.57 Å². The summed E-state index contributed by atoms with van der Waals surface area (Å²) in [5, 5.41) is 16.1. The standard InChI is InChI=1S/C17H28N2OS/c1-14(2)6-9-19-10-7-15(8-11-19)18-13-17(3,20)16-5-4-12-21-16/h4-6,12,15,18,20H,7-11,13H2,1-3H3. The van der Waals surface area contributed by atoms with Gasteiger partial charge >= 0.3 is 0 Å².